The van der Waals surface area contributed by atoms with E-state index in [1.807, 2.05) is 13.8 Å². The number of nitrogens with two attached hydrogens (primary N) is 1. The van der Waals surface area contributed by atoms with Gasteiger partial charge in [-0.3, -0.25) is 0 Å². The van der Waals surface area contributed by atoms with Crippen molar-refractivity contribution in [3.05, 3.63) is 22.2 Å². The Bertz CT molecular complexity index is 274. The van der Waals surface area contributed by atoms with Gasteiger partial charge < -0.3 is 10.3 Å². The topological polar surface area (TPSA) is 72.0 Å². The molecule has 4 heteroatoms. The number of H-pyrrole nitrogens is 1. The van der Waals surface area contributed by atoms with Gasteiger partial charge in [-0.05, 0) is 5.92 Å². The zero-order valence-corrected chi connectivity index (χ0v) is 6.63. The van der Waals surface area contributed by atoms with E-state index in [9.17, 15) is 4.79 Å². The van der Waals surface area contributed by atoms with Crippen LogP contribution in [-0.2, 0) is 0 Å². The number of aromatic nitrogens is 1. The first-order valence-corrected chi connectivity index (χ1v) is 3.55. The smallest absolute Gasteiger partial charge is 0.339 e. The summed E-state index contributed by atoms with van der Waals surface area (Å²) < 4.78 is 4.48. The fourth-order valence-electron chi connectivity index (χ4n) is 0.818. The van der Waals surface area contributed by atoms with Gasteiger partial charge in [0.2, 0.25) is 0 Å². The predicted octanol–water partition coefficient (Wildman–Crippen LogP) is 0.624. The lowest BCUT2D eigenvalue weighted by Crippen LogP contribution is -2.17. The number of aromatic amines is 1. The van der Waals surface area contributed by atoms with Gasteiger partial charge in [0.1, 0.15) is 0 Å². The third kappa shape index (κ3) is 1.71. The first kappa shape index (κ1) is 8.07. The van der Waals surface area contributed by atoms with Crippen LogP contribution in [0.1, 0.15) is 25.6 Å². The highest BCUT2D eigenvalue weighted by atomic mass is 16.5. The molecule has 0 aliphatic carbocycles. The summed E-state index contributed by atoms with van der Waals surface area (Å²) in [6.07, 6.45) is 0. The fraction of sp³-hybridized carbons (Fsp3) is 0.571. The highest BCUT2D eigenvalue weighted by Gasteiger charge is 2.12. The molecule has 1 aromatic rings. The molecule has 1 heterocycles. The Morgan fingerprint density at radius 2 is 2.27 bits per heavy atom. The summed E-state index contributed by atoms with van der Waals surface area (Å²) in [6, 6.07) is 1.23. The molecular weight excluding hydrogens is 144 g/mol. The predicted molar refractivity (Wildman–Crippen MR) is 41.1 cm³/mol. The van der Waals surface area contributed by atoms with Gasteiger partial charge in [-0.2, -0.15) is 0 Å². The van der Waals surface area contributed by atoms with Crippen molar-refractivity contribution in [1.82, 2.24) is 5.16 Å². The van der Waals surface area contributed by atoms with Gasteiger partial charge in [-0.25, -0.2) is 9.95 Å². The van der Waals surface area contributed by atoms with Crippen molar-refractivity contribution >= 4 is 0 Å². The second kappa shape index (κ2) is 2.92. The van der Waals surface area contributed by atoms with Crippen LogP contribution in [0.15, 0.2) is 15.4 Å². The molecule has 0 spiro atoms. The molecule has 1 aromatic heterocycles. The Hall–Kier alpha value is -1.03. The summed E-state index contributed by atoms with van der Waals surface area (Å²) in [5, 5.41) is 2.47. The van der Waals surface area contributed by atoms with Gasteiger partial charge in [-0.1, -0.05) is 13.8 Å². The van der Waals surface area contributed by atoms with Crippen LogP contribution in [0, 0.1) is 5.92 Å². The molecule has 0 saturated carbocycles. The van der Waals surface area contributed by atoms with E-state index in [1.54, 1.807) is 0 Å². The molecule has 1 rings (SSSR count). The highest BCUT2D eigenvalue weighted by molar-refractivity contribution is 5.02. The van der Waals surface area contributed by atoms with Crippen molar-refractivity contribution in [3.8, 4) is 0 Å². The first-order chi connectivity index (χ1) is 5.11. The minimum Gasteiger partial charge on any atom is -0.339 e. The largest absolute Gasteiger partial charge is 0.357 e. The summed E-state index contributed by atoms with van der Waals surface area (Å²) in [7, 11) is 0. The Morgan fingerprint density at radius 3 is 2.64 bits per heavy atom. The van der Waals surface area contributed by atoms with Crippen molar-refractivity contribution in [2.24, 2.45) is 11.7 Å². The monoisotopic (exact) mass is 156 g/mol. The van der Waals surface area contributed by atoms with E-state index in [0.717, 1.165) is 0 Å². The van der Waals surface area contributed by atoms with Crippen LogP contribution in [0.2, 0.25) is 0 Å². The summed E-state index contributed by atoms with van der Waals surface area (Å²) in [4.78, 5) is 10.6. The van der Waals surface area contributed by atoms with E-state index in [4.69, 9.17) is 5.73 Å². The quantitative estimate of drug-likeness (QED) is 0.659. The Kier molecular flexibility index (Phi) is 2.14. The molecule has 0 unspecified atom stereocenters. The van der Waals surface area contributed by atoms with Gasteiger partial charge in [-0.15, -0.1) is 0 Å². The summed E-state index contributed by atoms with van der Waals surface area (Å²) >= 11 is 0. The van der Waals surface area contributed by atoms with Crippen LogP contribution in [-0.4, -0.2) is 5.16 Å². The van der Waals surface area contributed by atoms with E-state index in [2.05, 4.69) is 9.68 Å². The first-order valence-electron chi connectivity index (χ1n) is 3.55. The lowest BCUT2D eigenvalue weighted by atomic mass is 10.0. The maximum Gasteiger partial charge on any atom is 0.357 e. The van der Waals surface area contributed by atoms with Crippen molar-refractivity contribution in [2.45, 2.75) is 19.9 Å². The fourth-order valence-corrected chi connectivity index (χ4v) is 0.818. The Labute approximate surface area is 64.4 Å². The van der Waals surface area contributed by atoms with Crippen LogP contribution in [0.4, 0.5) is 0 Å². The van der Waals surface area contributed by atoms with E-state index >= 15 is 0 Å². The van der Waals surface area contributed by atoms with Crippen molar-refractivity contribution in [1.29, 1.82) is 0 Å². The standard InChI is InChI=1S/C7H12N2O2/c1-4(2)7(8)5-3-6(10)11-9-5/h3-4,7,9H,8H2,1-2H3/t7-/m0/s1. The van der Waals surface area contributed by atoms with Crippen molar-refractivity contribution in [3.63, 3.8) is 0 Å². The van der Waals surface area contributed by atoms with Gasteiger partial charge in [0.15, 0.2) is 0 Å². The van der Waals surface area contributed by atoms with Gasteiger partial charge in [0.25, 0.3) is 0 Å². The van der Waals surface area contributed by atoms with Crippen molar-refractivity contribution < 1.29 is 4.52 Å². The molecule has 11 heavy (non-hydrogen) atoms. The number of nitrogens with one attached hydrogen (secondary N) is 1. The molecule has 0 aliphatic rings. The van der Waals surface area contributed by atoms with Crippen LogP contribution >= 0.6 is 0 Å². The number of hydrogen-bond acceptors (Lipinski definition) is 3. The van der Waals surface area contributed by atoms with Crippen LogP contribution in [0.3, 0.4) is 0 Å². The molecule has 0 bridgehead atoms. The molecule has 0 radical (unpaired) electrons. The molecule has 0 saturated heterocycles. The average Bonchev–Trinajstić information content (AvgIpc) is 2.34. The second-order valence-electron chi connectivity index (χ2n) is 2.89. The Balaban J connectivity index is 2.84. The third-order valence-electron chi connectivity index (χ3n) is 1.62. The molecule has 0 aromatic carbocycles. The van der Waals surface area contributed by atoms with E-state index in [1.165, 1.54) is 6.07 Å². The number of rotatable bonds is 2. The minimum atomic E-state index is -0.379. The zero-order chi connectivity index (χ0) is 8.43. The molecule has 62 valence electrons. The summed E-state index contributed by atoms with van der Waals surface area (Å²) in [5.74, 6) is 0.295. The molecular formula is C7H12N2O2. The number of hydrogen-bond donors (Lipinski definition) is 2. The van der Waals surface area contributed by atoms with E-state index < -0.39 is 0 Å². The molecule has 0 aliphatic heterocycles. The van der Waals surface area contributed by atoms with E-state index in [-0.39, 0.29) is 11.7 Å². The molecule has 1 atom stereocenters. The molecule has 0 amide bonds. The van der Waals surface area contributed by atoms with E-state index in [0.29, 0.717) is 11.6 Å². The lowest BCUT2D eigenvalue weighted by Gasteiger charge is -2.11. The minimum absolute atomic E-state index is 0.151. The van der Waals surface area contributed by atoms with Gasteiger partial charge in [0.05, 0.1) is 11.7 Å². The molecule has 4 nitrogen and oxygen atoms in total. The SMILES string of the molecule is CC(C)[C@H](N)c1cc(=O)o[nH]1. The Morgan fingerprint density at radius 1 is 1.64 bits per heavy atom. The molecule has 0 fully saturated rings. The molecule has 3 N–H and O–H groups in total. The average molecular weight is 156 g/mol. The van der Waals surface area contributed by atoms with Crippen LogP contribution in [0.5, 0.6) is 0 Å². The van der Waals surface area contributed by atoms with Gasteiger partial charge in [0, 0.05) is 6.07 Å². The van der Waals surface area contributed by atoms with Crippen molar-refractivity contribution in [2.75, 3.05) is 0 Å². The third-order valence-corrected chi connectivity index (χ3v) is 1.62. The zero-order valence-electron chi connectivity index (χ0n) is 6.63. The second-order valence-corrected chi connectivity index (χ2v) is 2.89. The van der Waals surface area contributed by atoms with Gasteiger partial charge >= 0.3 is 5.63 Å². The highest BCUT2D eigenvalue weighted by Crippen LogP contribution is 2.14. The summed E-state index contributed by atoms with van der Waals surface area (Å²) in [5.41, 5.74) is 6.00. The maximum atomic E-state index is 10.6. The van der Waals surface area contributed by atoms with Crippen LogP contribution in [0.25, 0.3) is 0 Å². The normalized spacial score (nSPS) is 13.8. The summed E-state index contributed by atoms with van der Waals surface area (Å²) in [6.45, 7) is 3.96. The van der Waals surface area contributed by atoms with Crippen LogP contribution < -0.4 is 11.4 Å². The lowest BCUT2D eigenvalue weighted by molar-refractivity contribution is 0.370. The maximum absolute atomic E-state index is 10.6.